The van der Waals surface area contributed by atoms with Crippen LogP contribution in [0, 0.1) is 0 Å². The third-order valence-corrected chi connectivity index (χ3v) is 9.60. The highest BCUT2D eigenvalue weighted by atomic mass is 16.5. The second-order valence-corrected chi connectivity index (χ2v) is 12.7. The van der Waals surface area contributed by atoms with Crippen molar-refractivity contribution < 1.29 is 17.4 Å². The molecule has 0 aliphatic carbocycles. The first kappa shape index (κ1) is 23.7. The van der Waals surface area contributed by atoms with Crippen LogP contribution in [0.5, 0.6) is 5.75 Å². The van der Waals surface area contributed by atoms with E-state index in [0.29, 0.717) is 39.6 Å². The van der Waals surface area contributed by atoms with Crippen molar-refractivity contribution in [1.82, 2.24) is 15.0 Å². The first-order chi connectivity index (χ1) is 27.5. The number of furan rings is 1. The summed E-state index contributed by atoms with van der Waals surface area (Å²) in [7, 11) is 0. The first-order valence-corrected chi connectivity index (χ1v) is 16.7. The summed E-state index contributed by atoms with van der Waals surface area (Å²) < 4.78 is 64.2. The molecule has 0 radical (unpaired) electrons. The fraction of sp³-hybridized carbons (Fsp3) is 0.0652. The molecule has 0 spiro atoms. The van der Waals surface area contributed by atoms with Gasteiger partial charge in [-0.2, -0.15) is 0 Å². The van der Waals surface area contributed by atoms with E-state index < -0.39 is 19.3 Å². The Morgan fingerprint density at radius 1 is 0.510 bits per heavy atom. The van der Waals surface area contributed by atoms with E-state index in [1.54, 1.807) is 24.3 Å². The molecular formula is C46H31N3O2. The number of rotatable bonds is 4. The van der Waals surface area contributed by atoms with Gasteiger partial charge in [0.1, 0.15) is 22.5 Å². The number of nitrogens with zero attached hydrogens (tertiary/aromatic N) is 3. The van der Waals surface area contributed by atoms with Crippen LogP contribution in [0.3, 0.4) is 0 Å². The number of hydrogen-bond acceptors (Lipinski definition) is 5. The zero-order valence-corrected chi connectivity index (χ0v) is 27.1. The molecule has 5 nitrogen and oxygen atoms in total. The van der Waals surface area contributed by atoms with E-state index in [1.807, 2.05) is 127 Å². The molecule has 0 saturated carbocycles. The van der Waals surface area contributed by atoms with E-state index in [4.69, 9.17) is 32.3 Å². The van der Waals surface area contributed by atoms with E-state index in [-0.39, 0.29) is 11.3 Å². The van der Waals surface area contributed by atoms with Gasteiger partial charge in [0, 0.05) is 46.6 Å². The van der Waals surface area contributed by atoms with Crippen LogP contribution in [0.2, 0.25) is 0 Å². The lowest BCUT2D eigenvalue weighted by atomic mass is 9.81. The van der Waals surface area contributed by atoms with Crippen LogP contribution in [0.4, 0.5) is 0 Å². The molecule has 9 aromatic rings. The summed E-state index contributed by atoms with van der Waals surface area (Å²) in [5.74, 6) is 1.66. The Morgan fingerprint density at radius 3 is 1.96 bits per heavy atom. The molecule has 0 fully saturated rings. The lowest BCUT2D eigenvalue weighted by Gasteiger charge is -2.36. The van der Waals surface area contributed by atoms with Crippen molar-refractivity contribution >= 4 is 32.7 Å². The number of para-hydroxylation sites is 2. The Morgan fingerprint density at radius 2 is 1.14 bits per heavy atom. The van der Waals surface area contributed by atoms with Crippen LogP contribution < -0.4 is 4.74 Å². The van der Waals surface area contributed by atoms with E-state index in [2.05, 4.69) is 0 Å². The molecule has 1 aliphatic heterocycles. The molecule has 3 heterocycles. The van der Waals surface area contributed by atoms with Crippen LogP contribution in [0.1, 0.15) is 27.5 Å². The average Bonchev–Trinajstić information content (AvgIpc) is 3.61. The predicted octanol–water partition coefficient (Wildman–Crippen LogP) is 11.9. The molecule has 0 N–H and O–H groups in total. The summed E-state index contributed by atoms with van der Waals surface area (Å²) in [5, 5.41) is 3.36. The molecule has 2 aromatic heterocycles. The van der Waals surface area contributed by atoms with Gasteiger partial charge < -0.3 is 9.15 Å². The van der Waals surface area contributed by atoms with Crippen LogP contribution in [0.15, 0.2) is 156 Å². The predicted molar refractivity (Wildman–Crippen MR) is 205 cm³/mol. The Kier molecular flexibility index (Phi) is 5.22. The fourth-order valence-corrected chi connectivity index (χ4v) is 7.20. The second kappa shape index (κ2) is 11.2. The summed E-state index contributed by atoms with van der Waals surface area (Å²) in [4.78, 5) is 14.9. The molecular weight excluding hydrogens is 627 g/mol. The SMILES string of the molecule is [2H]C([2H])([2H])C1(C([2H])([2H])[2H])Oc2c(c(-c3ccc(-c4nc(-c5ccccc5)nc(-c5cccc6c5oc5ccccc56)n4)cc3)cc3ccccc23)-c2ccccc21. The van der Waals surface area contributed by atoms with Gasteiger partial charge in [-0.25, -0.2) is 15.0 Å². The third kappa shape index (κ3) is 4.73. The Balaban J connectivity index is 1.15. The Labute approximate surface area is 303 Å². The van der Waals surface area contributed by atoms with Crippen molar-refractivity contribution in [2.75, 3.05) is 0 Å². The highest BCUT2D eigenvalue weighted by Gasteiger charge is 2.35. The quantitative estimate of drug-likeness (QED) is 0.187. The molecule has 0 unspecified atom stereocenters. The minimum Gasteiger partial charge on any atom is -0.482 e. The van der Waals surface area contributed by atoms with E-state index in [9.17, 15) is 0 Å². The van der Waals surface area contributed by atoms with Crippen LogP contribution in [-0.2, 0) is 5.60 Å². The highest BCUT2D eigenvalue weighted by molar-refractivity contribution is 6.09. The minimum absolute atomic E-state index is 0.0938. The molecule has 7 aromatic carbocycles. The van der Waals surface area contributed by atoms with Crippen molar-refractivity contribution in [3.05, 3.63) is 157 Å². The van der Waals surface area contributed by atoms with Gasteiger partial charge in [0.2, 0.25) is 0 Å². The molecule has 0 amide bonds. The standard InChI is InChI=1S/C46H31N3O2/c1-46(2)38-21-10-8-18-35(38)40-37(27-31-15-6-7-16-32(31)42(40)51-46)28-23-25-30(26-24-28)44-47-43(29-13-4-3-5-14-29)48-45(49-44)36-20-12-19-34-33-17-9-11-22-39(33)50-41(34)36/h3-27H,1-2H3/i1D3,2D3. The Hall–Kier alpha value is -6.59. The van der Waals surface area contributed by atoms with Crippen LogP contribution in [-0.4, -0.2) is 15.0 Å². The number of ether oxygens (including phenoxy) is 1. The van der Waals surface area contributed by atoms with E-state index in [0.717, 1.165) is 49.6 Å². The summed E-state index contributed by atoms with van der Waals surface area (Å²) in [6, 6.07) is 47.7. The van der Waals surface area contributed by atoms with Crippen molar-refractivity contribution in [1.29, 1.82) is 0 Å². The Bertz CT molecular complexity index is 3020. The van der Waals surface area contributed by atoms with Gasteiger partial charge in [0.25, 0.3) is 0 Å². The highest BCUT2D eigenvalue weighted by Crippen LogP contribution is 2.52. The minimum atomic E-state index is -3.03. The van der Waals surface area contributed by atoms with Gasteiger partial charge in [0.15, 0.2) is 17.5 Å². The summed E-state index contributed by atoms with van der Waals surface area (Å²) >= 11 is 0. The normalized spacial score (nSPS) is 15.5. The van der Waals surface area contributed by atoms with Crippen molar-refractivity contribution in [2.24, 2.45) is 0 Å². The number of fused-ring (bicyclic) bond motifs is 8. The smallest absolute Gasteiger partial charge is 0.167 e. The largest absolute Gasteiger partial charge is 0.482 e. The molecule has 0 atom stereocenters. The zero-order valence-electron chi connectivity index (χ0n) is 33.1. The third-order valence-electron chi connectivity index (χ3n) is 9.60. The van der Waals surface area contributed by atoms with E-state index >= 15 is 0 Å². The molecule has 51 heavy (non-hydrogen) atoms. The number of aromatic nitrogens is 3. The van der Waals surface area contributed by atoms with Gasteiger partial charge in [-0.15, -0.1) is 0 Å². The van der Waals surface area contributed by atoms with Crippen LogP contribution >= 0.6 is 0 Å². The average molecular weight is 664 g/mol. The molecule has 10 rings (SSSR count). The summed E-state index contributed by atoms with van der Waals surface area (Å²) in [5.41, 5.74) is 3.96. The molecule has 242 valence electrons. The lowest BCUT2D eigenvalue weighted by molar-refractivity contribution is 0.108. The second-order valence-electron chi connectivity index (χ2n) is 12.7. The molecule has 0 bridgehead atoms. The summed E-state index contributed by atoms with van der Waals surface area (Å²) in [6.07, 6.45) is 0. The topological polar surface area (TPSA) is 61.0 Å². The van der Waals surface area contributed by atoms with Crippen molar-refractivity contribution in [3.63, 3.8) is 0 Å². The number of benzene rings is 7. The van der Waals surface area contributed by atoms with E-state index in [1.165, 1.54) is 0 Å². The lowest BCUT2D eigenvalue weighted by Crippen LogP contribution is -2.29. The van der Waals surface area contributed by atoms with Gasteiger partial charge >= 0.3 is 0 Å². The molecule has 5 heteroatoms. The maximum Gasteiger partial charge on any atom is 0.167 e. The summed E-state index contributed by atoms with van der Waals surface area (Å²) in [6.45, 7) is -6.05. The fourth-order valence-electron chi connectivity index (χ4n) is 7.20. The van der Waals surface area contributed by atoms with Gasteiger partial charge in [-0.1, -0.05) is 133 Å². The molecule has 1 aliphatic rings. The van der Waals surface area contributed by atoms with Gasteiger partial charge in [0.05, 0.1) is 5.56 Å². The maximum atomic E-state index is 8.57. The van der Waals surface area contributed by atoms with Crippen LogP contribution in [0.25, 0.3) is 89.1 Å². The zero-order chi connectivity index (χ0) is 39.1. The maximum absolute atomic E-state index is 8.57. The first-order valence-electron chi connectivity index (χ1n) is 19.7. The number of hydrogen-bond donors (Lipinski definition) is 0. The van der Waals surface area contributed by atoms with Gasteiger partial charge in [-0.3, -0.25) is 0 Å². The monoisotopic (exact) mass is 663 g/mol. The van der Waals surface area contributed by atoms with Gasteiger partial charge in [-0.05, 0) is 54.0 Å². The van der Waals surface area contributed by atoms with Crippen molar-refractivity contribution in [2.45, 2.75) is 19.3 Å². The van der Waals surface area contributed by atoms with Crippen molar-refractivity contribution in [3.8, 4) is 62.2 Å². The molecule has 0 saturated heterocycles.